The molecule has 2 heterocycles. The molecule has 0 aliphatic heterocycles. The Morgan fingerprint density at radius 3 is 2.77 bits per heavy atom. The summed E-state index contributed by atoms with van der Waals surface area (Å²) < 4.78 is 5.73. The number of nitrogens with one attached hydrogen (secondary N) is 2. The number of nitrogens with zero attached hydrogens (tertiary/aromatic N) is 2. The first-order valence-corrected chi connectivity index (χ1v) is 8.38. The highest BCUT2D eigenvalue weighted by atomic mass is 16.3. The highest BCUT2D eigenvalue weighted by molar-refractivity contribution is 6.11. The van der Waals surface area contributed by atoms with Crippen LogP contribution in [0.4, 0.5) is 5.69 Å². The molecule has 4 aromatic rings. The summed E-state index contributed by atoms with van der Waals surface area (Å²) in [6.07, 6.45) is 2.22. The molecular formula is C19H14N4O3. The zero-order valence-electron chi connectivity index (χ0n) is 13.7. The van der Waals surface area contributed by atoms with Crippen molar-refractivity contribution in [3.05, 3.63) is 64.4 Å². The van der Waals surface area contributed by atoms with Gasteiger partial charge in [-0.15, -0.1) is 0 Å². The van der Waals surface area contributed by atoms with E-state index in [-0.39, 0.29) is 11.3 Å². The van der Waals surface area contributed by atoms with E-state index in [1.165, 1.54) is 0 Å². The third kappa shape index (κ3) is 2.45. The topological polar surface area (TPSA) is 101 Å². The number of anilines is 1. The molecule has 1 amide bonds. The van der Waals surface area contributed by atoms with Gasteiger partial charge in [0.25, 0.3) is 11.5 Å². The van der Waals surface area contributed by atoms with E-state index in [4.69, 9.17) is 4.42 Å². The Bertz CT molecular complexity index is 1220. The van der Waals surface area contributed by atoms with Gasteiger partial charge in [-0.2, -0.15) is 5.10 Å². The van der Waals surface area contributed by atoms with Crippen LogP contribution >= 0.6 is 0 Å². The van der Waals surface area contributed by atoms with Crippen LogP contribution < -0.4 is 10.9 Å². The number of benzene rings is 2. The lowest BCUT2D eigenvalue weighted by atomic mass is 10.1. The maximum atomic E-state index is 12.7. The number of aromatic amines is 1. The van der Waals surface area contributed by atoms with Crippen molar-refractivity contribution >= 4 is 33.5 Å². The van der Waals surface area contributed by atoms with E-state index in [2.05, 4.69) is 20.5 Å². The quantitative estimate of drug-likeness (QED) is 0.593. The number of hydrogen-bond donors (Lipinski definition) is 2. The number of rotatable bonds is 3. The van der Waals surface area contributed by atoms with Gasteiger partial charge in [0.1, 0.15) is 5.52 Å². The van der Waals surface area contributed by atoms with Crippen molar-refractivity contribution in [3.8, 4) is 0 Å². The van der Waals surface area contributed by atoms with E-state index in [9.17, 15) is 9.59 Å². The van der Waals surface area contributed by atoms with Gasteiger partial charge in [0, 0.05) is 17.0 Å². The first-order valence-electron chi connectivity index (χ1n) is 8.38. The van der Waals surface area contributed by atoms with Crippen molar-refractivity contribution in [1.29, 1.82) is 0 Å². The van der Waals surface area contributed by atoms with Gasteiger partial charge < -0.3 is 9.73 Å². The van der Waals surface area contributed by atoms with Gasteiger partial charge >= 0.3 is 0 Å². The average Bonchev–Trinajstić information content (AvgIpc) is 3.42. The number of hydrogen-bond acceptors (Lipinski definition) is 5. The van der Waals surface area contributed by atoms with Gasteiger partial charge in [0.15, 0.2) is 17.2 Å². The second-order valence-corrected chi connectivity index (χ2v) is 6.41. The van der Waals surface area contributed by atoms with Crippen LogP contribution in [-0.4, -0.2) is 21.1 Å². The summed E-state index contributed by atoms with van der Waals surface area (Å²) >= 11 is 0. The summed E-state index contributed by atoms with van der Waals surface area (Å²) in [7, 11) is 0. The standard InChI is InChI=1S/C19H14N4O3/c24-17-13-4-2-1-3-12(13)16(22-23-17)18(25)20-11-7-8-15-14(9-11)21-19(26-15)10-5-6-10/h1-4,7-10H,5-6H2,(H,20,25)(H,23,24). The molecule has 1 aliphatic rings. The first kappa shape index (κ1) is 14.8. The molecule has 7 nitrogen and oxygen atoms in total. The zero-order valence-corrected chi connectivity index (χ0v) is 13.7. The van der Waals surface area contributed by atoms with Gasteiger partial charge in [-0.25, -0.2) is 10.1 Å². The monoisotopic (exact) mass is 346 g/mol. The Hall–Kier alpha value is -3.48. The van der Waals surface area contributed by atoms with Gasteiger partial charge in [0.05, 0.1) is 5.39 Å². The normalized spacial score (nSPS) is 14.0. The van der Waals surface area contributed by atoms with Crippen molar-refractivity contribution in [2.24, 2.45) is 0 Å². The van der Waals surface area contributed by atoms with Crippen LogP contribution in [0.5, 0.6) is 0 Å². The molecule has 1 saturated carbocycles. The maximum absolute atomic E-state index is 12.7. The fourth-order valence-electron chi connectivity index (χ4n) is 3.01. The Morgan fingerprint density at radius 1 is 1.15 bits per heavy atom. The van der Waals surface area contributed by atoms with Crippen LogP contribution in [-0.2, 0) is 0 Å². The molecule has 7 heteroatoms. The lowest BCUT2D eigenvalue weighted by Crippen LogP contribution is -2.19. The lowest BCUT2D eigenvalue weighted by Gasteiger charge is -2.06. The molecule has 128 valence electrons. The van der Waals surface area contributed by atoms with Crippen LogP contribution in [0, 0.1) is 0 Å². The molecule has 0 radical (unpaired) electrons. The highest BCUT2D eigenvalue weighted by Crippen LogP contribution is 2.40. The summed E-state index contributed by atoms with van der Waals surface area (Å²) in [6.45, 7) is 0. The summed E-state index contributed by atoms with van der Waals surface area (Å²) in [5.41, 5.74) is 1.85. The highest BCUT2D eigenvalue weighted by Gasteiger charge is 2.29. The molecule has 2 aromatic carbocycles. The van der Waals surface area contributed by atoms with Gasteiger partial charge in [-0.3, -0.25) is 9.59 Å². The molecular weight excluding hydrogens is 332 g/mol. The molecule has 0 bridgehead atoms. The second-order valence-electron chi connectivity index (χ2n) is 6.41. The largest absolute Gasteiger partial charge is 0.440 e. The molecule has 26 heavy (non-hydrogen) atoms. The lowest BCUT2D eigenvalue weighted by molar-refractivity contribution is 0.102. The fraction of sp³-hybridized carbons (Fsp3) is 0.158. The van der Waals surface area contributed by atoms with E-state index < -0.39 is 5.91 Å². The number of amides is 1. The molecule has 1 aliphatic carbocycles. The third-order valence-electron chi connectivity index (χ3n) is 4.50. The molecule has 2 N–H and O–H groups in total. The number of carbonyl (C=O) groups excluding carboxylic acids is 1. The predicted octanol–water partition coefficient (Wildman–Crippen LogP) is 3.19. The molecule has 0 spiro atoms. The summed E-state index contributed by atoms with van der Waals surface area (Å²) in [4.78, 5) is 29.0. The minimum atomic E-state index is -0.400. The van der Waals surface area contributed by atoms with Crippen molar-refractivity contribution in [2.45, 2.75) is 18.8 Å². The van der Waals surface area contributed by atoms with Crippen LogP contribution in [0.15, 0.2) is 51.7 Å². The molecule has 1 fully saturated rings. The molecule has 0 unspecified atom stereocenters. The minimum Gasteiger partial charge on any atom is -0.440 e. The smallest absolute Gasteiger partial charge is 0.276 e. The van der Waals surface area contributed by atoms with Gasteiger partial charge in [-0.05, 0) is 37.1 Å². The second kappa shape index (κ2) is 5.52. The van der Waals surface area contributed by atoms with E-state index in [1.807, 2.05) is 0 Å². The average molecular weight is 346 g/mol. The van der Waals surface area contributed by atoms with Crippen molar-refractivity contribution in [3.63, 3.8) is 0 Å². The Kier molecular flexibility index (Phi) is 3.15. The number of carbonyl (C=O) groups is 1. The molecule has 2 aromatic heterocycles. The Morgan fingerprint density at radius 2 is 1.96 bits per heavy atom. The number of aromatic nitrogens is 3. The first-order chi connectivity index (χ1) is 12.7. The minimum absolute atomic E-state index is 0.166. The van der Waals surface area contributed by atoms with Gasteiger partial charge in [0.2, 0.25) is 0 Å². The van der Waals surface area contributed by atoms with Crippen LogP contribution in [0.2, 0.25) is 0 Å². The van der Waals surface area contributed by atoms with Crippen LogP contribution in [0.25, 0.3) is 21.9 Å². The van der Waals surface area contributed by atoms with E-state index >= 15 is 0 Å². The van der Waals surface area contributed by atoms with Gasteiger partial charge in [-0.1, -0.05) is 18.2 Å². The number of oxazole rings is 1. The molecule has 0 saturated heterocycles. The fourth-order valence-corrected chi connectivity index (χ4v) is 3.01. The third-order valence-corrected chi connectivity index (χ3v) is 4.50. The molecule has 0 atom stereocenters. The Labute approximate surface area is 147 Å². The zero-order chi connectivity index (χ0) is 17.7. The summed E-state index contributed by atoms with van der Waals surface area (Å²) in [5.74, 6) is 0.789. The molecule has 5 rings (SSSR count). The van der Waals surface area contributed by atoms with E-state index in [1.54, 1.807) is 42.5 Å². The summed E-state index contributed by atoms with van der Waals surface area (Å²) in [5, 5.41) is 10.0. The van der Waals surface area contributed by atoms with Crippen molar-refractivity contribution in [1.82, 2.24) is 15.2 Å². The predicted molar refractivity (Wildman–Crippen MR) is 96.3 cm³/mol. The summed E-state index contributed by atoms with van der Waals surface area (Å²) in [6, 6.07) is 12.2. The SMILES string of the molecule is O=C(Nc1ccc2oc(C3CC3)nc2c1)c1n[nH]c(=O)c2ccccc12. The van der Waals surface area contributed by atoms with Crippen molar-refractivity contribution in [2.75, 3.05) is 5.32 Å². The number of fused-ring (bicyclic) bond motifs is 2. The number of H-pyrrole nitrogens is 1. The van der Waals surface area contributed by atoms with E-state index in [0.717, 1.165) is 18.7 Å². The van der Waals surface area contributed by atoms with Crippen molar-refractivity contribution < 1.29 is 9.21 Å². The Balaban J connectivity index is 1.49. The maximum Gasteiger partial charge on any atom is 0.276 e. The van der Waals surface area contributed by atoms with Crippen LogP contribution in [0.3, 0.4) is 0 Å². The van der Waals surface area contributed by atoms with Crippen LogP contribution in [0.1, 0.15) is 35.1 Å². The van der Waals surface area contributed by atoms with E-state index in [0.29, 0.717) is 33.5 Å².